The minimum Gasteiger partial charge on any atom is -1.00 e. The molecule has 1 aliphatic rings. The Morgan fingerprint density at radius 3 is 1.67 bits per heavy atom. The minimum absolute atomic E-state index is 0. The van der Waals surface area contributed by atoms with Crippen molar-refractivity contribution in [1.29, 1.82) is 0 Å². The van der Waals surface area contributed by atoms with Gasteiger partial charge in [0.25, 0.3) is 0 Å². The molecule has 0 saturated heterocycles. The number of hydrogen-bond donors (Lipinski definition) is 0. The van der Waals surface area contributed by atoms with E-state index < -0.39 is 0 Å². The summed E-state index contributed by atoms with van der Waals surface area (Å²) >= 11 is 0. The Labute approximate surface area is 106 Å². The van der Waals surface area contributed by atoms with Crippen LogP contribution in [-0.4, -0.2) is 0 Å². The molecule has 0 atom stereocenters. The van der Waals surface area contributed by atoms with Gasteiger partial charge in [-0.1, -0.05) is 0 Å². The van der Waals surface area contributed by atoms with Gasteiger partial charge in [0.15, 0.2) is 0 Å². The van der Waals surface area contributed by atoms with Gasteiger partial charge in [-0.15, -0.1) is 6.42 Å². The molecule has 4 heteroatoms. The molecule has 75 valence electrons. The van der Waals surface area contributed by atoms with E-state index in [9.17, 15) is 0 Å². The van der Waals surface area contributed by atoms with Crippen LogP contribution in [-0.2, 0) is 18.6 Å². The molecule has 0 bridgehead atoms. The maximum Gasteiger partial charge on any atom is 0 e. The van der Waals surface area contributed by atoms with Gasteiger partial charge in [-0.2, -0.15) is 19.9 Å². The standard InChI is InChI=1S/C5H5.C3H7.3ClH.V/c1-2-4-5-3-1;1-3-2;;;;/h1-3H,4H2;3H,1-2H3;3*1H;/q2*-1;;;;/p-3. The summed E-state index contributed by atoms with van der Waals surface area (Å²) in [6.45, 7) is 4.00. The van der Waals surface area contributed by atoms with Crippen LogP contribution in [0, 0.1) is 12.5 Å². The Morgan fingerprint density at radius 1 is 1.17 bits per heavy atom. The molecule has 0 heterocycles. The van der Waals surface area contributed by atoms with E-state index in [1.807, 2.05) is 32.4 Å². The number of allylic oxidation sites excluding steroid dienone is 4. The van der Waals surface area contributed by atoms with E-state index in [2.05, 4.69) is 12.2 Å². The molecule has 0 amide bonds. The normalized spacial score (nSPS) is 8.83. The molecule has 0 fully saturated rings. The van der Waals surface area contributed by atoms with Crippen molar-refractivity contribution in [2.45, 2.75) is 20.3 Å². The number of hydrogen-bond acceptors (Lipinski definition) is 0. The third kappa shape index (κ3) is 30.6. The van der Waals surface area contributed by atoms with Crippen molar-refractivity contribution in [3.8, 4) is 0 Å². The first-order valence-electron chi connectivity index (χ1n) is 2.87. The summed E-state index contributed by atoms with van der Waals surface area (Å²) in [6.07, 6.45) is 12.0. The quantitative estimate of drug-likeness (QED) is 0.382. The first-order chi connectivity index (χ1) is 3.91. The van der Waals surface area contributed by atoms with E-state index >= 15 is 0 Å². The van der Waals surface area contributed by atoms with Crippen LogP contribution in [0.25, 0.3) is 0 Å². The topological polar surface area (TPSA) is 0 Å². The van der Waals surface area contributed by atoms with Crippen LogP contribution in [0.3, 0.4) is 0 Å². The summed E-state index contributed by atoms with van der Waals surface area (Å²) in [7, 11) is 0. The van der Waals surface area contributed by atoms with Gasteiger partial charge in [-0.3, -0.25) is 6.08 Å². The molecule has 1 radical (unpaired) electrons. The first-order valence-corrected chi connectivity index (χ1v) is 2.87. The number of halogens is 3. The van der Waals surface area contributed by atoms with Crippen LogP contribution in [0.15, 0.2) is 18.2 Å². The first kappa shape index (κ1) is 29.3. The maximum absolute atomic E-state index is 2.99. The Kier molecular flexibility index (Phi) is 72.4. The second kappa shape index (κ2) is 29.7. The van der Waals surface area contributed by atoms with Crippen molar-refractivity contribution >= 4 is 0 Å². The van der Waals surface area contributed by atoms with E-state index in [1.165, 1.54) is 0 Å². The van der Waals surface area contributed by atoms with Crippen LogP contribution < -0.4 is 37.2 Å². The van der Waals surface area contributed by atoms with Crippen LogP contribution in [0.2, 0.25) is 0 Å². The smallest absolute Gasteiger partial charge is 0 e. The maximum atomic E-state index is 2.99. The molecule has 0 aliphatic heterocycles. The van der Waals surface area contributed by atoms with E-state index in [4.69, 9.17) is 0 Å². The van der Waals surface area contributed by atoms with Crippen molar-refractivity contribution in [3.63, 3.8) is 0 Å². The predicted molar refractivity (Wildman–Crippen MR) is 37.2 cm³/mol. The van der Waals surface area contributed by atoms with Crippen LogP contribution >= 0.6 is 0 Å². The third-order valence-electron chi connectivity index (χ3n) is 0.586. The van der Waals surface area contributed by atoms with Crippen molar-refractivity contribution in [2.75, 3.05) is 0 Å². The van der Waals surface area contributed by atoms with Gasteiger partial charge in [0.2, 0.25) is 0 Å². The van der Waals surface area contributed by atoms with Crippen molar-refractivity contribution in [3.05, 3.63) is 30.7 Å². The zero-order chi connectivity index (χ0) is 6.24. The monoisotopic (exact) mass is 264 g/mol. The van der Waals surface area contributed by atoms with E-state index in [0.717, 1.165) is 6.42 Å². The second-order valence-electron chi connectivity index (χ2n) is 1.58. The molecule has 0 aromatic carbocycles. The fourth-order valence-electron chi connectivity index (χ4n) is 0.340. The third-order valence-corrected chi connectivity index (χ3v) is 0.586. The van der Waals surface area contributed by atoms with Gasteiger partial charge in [0, 0.05) is 18.6 Å². The fourth-order valence-corrected chi connectivity index (χ4v) is 0.340. The molecule has 0 N–H and O–H groups in total. The zero-order valence-corrected chi connectivity index (χ0v) is 10.8. The van der Waals surface area contributed by atoms with Gasteiger partial charge in [0.05, 0.1) is 0 Å². The molecule has 0 aromatic heterocycles. The molecule has 0 saturated carbocycles. The minimum atomic E-state index is 0. The Morgan fingerprint density at radius 2 is 1.58 bits per heavy atom. The summed E-state index contributed by atoms with van der Waals surface area (Å²) in [5, 5.41) is 0. The summed E-state index contributed by atoms with van der Waals surface area (Å²) in [5.41, 5.74) is 0. The Hall–Kier alpha value is 0.934. The summed E-state index contributed by atoms with van der Waals surface area (Å²) in [6, 6.07) is 0. The molecule has 0 spiro atoms. The van der Waals surface area contributed by atoms with Gasteiger partial charge >= 0.3 is 0 Å². The molecular weight excluding hydrogens is 253 g/mol. The summed E-state index contributed by atoms with van der Waals surface area (Å²) < 4.78 is 0. The molecule has 12 heavy (non-hydrogen) atoms. The van der Waals surface area contributed by atoms with Gasteiger partial charge in [-0.25, -0.2) is 12.2 Å². The van der Waals surface area contributed by atoms with Crippen molar-refractivity contribution in [2.24, 2.45) is 0 Å². The molecule has 1 aliphatic carbocycles. The van der Waals surface area contributed by atoms with Crippen LogP contribution in [0.1, 0.15) is 20.3 Å². The Bertz CT molecular complexity index is 82.3. The van der Waals surface area contributed by atoms with E-state index in [1.54, 1.807) is 0 Å². The van der Waals surface area contributed by atoms with Crippen molar-refractivity contribution < 1.29 is 55.8 Å². The van der Waals surface area contributed by atoms with E-state index in [0.29, 0.717) is 0 Å². The average molecular weight is 265 g/mol. The Balaban J connectivity index is -0.0000000219. The molecule has 0 nitrogen and oxygen atoms in total. The largest absolute Gasteiger partial charge is 1.00 e. The van der Waals surface area contributed by atoms with Gasteiger partial charge in [-0.05, 0) is 0 Å². The SMILES string of the molecule is C[CH-]C.[C-]1=CC=CC1.[Cl-].[Cl-].[Cl-].[V]. The van der Waals surface area contributed by atoms with Crippen LogP contribution in [0.4, 0.5) is 0 Å². The summed E-state index contributed by atoms with van der Waals surface area (Å²) in [4.78, 5) is 0. The molecule has 0 unspecified atom stereocenters. The van der Waals surface area contributed by atoms with Crippen LogP contribution in [0.5, 0.6) is 0 Å². The predicted octanol–water partition coefficient (Wildman–Crippen LogP) is -6.45. The van der Waals surface area contributed by atoms with Gasteiger partial charge in [0.1, 0.15) is 0 Å². The zero-order valence-electron chi connectivity index (χ0n) is 7.10. The molecule has 1 rings (SSSR count). The average Bonchev–Trinajstić information content (AvgIpc) is 2.17. The van der Waals surface area contributed by atoms with E-state index in [-0.39, 0.29) is 55.8 Å². The summed E-state index contributed by atoms with van der Waals surface area (Å²) in [5.74, 6) is 0. The van der Waals surface area contributed by atoms with Crippen molar-refractivity contribution in [1.82, 2.24) is 0 Å². The molecular formula is C8H12Cl3V-5. The number of rotatable bonds is 0. The molecule has 0 aromatic rings. The second-order valence-corrected chi connectivity index (χ2v) is 1.58. The van der Waals surface area contributed by atoms with Gasteiger partial charge < -0.3 is 43.6 Å². The fraction of sp³-hybridized carbons (Fsp3) is 0.375.